The Kier molecular flexibility index (Phi) is 8.71. The molecular formula is C12H12Na2O8S2. The number of ether oxygens (including phenoxy) is 1. The Balaban J connectivity index is 0.00000264. The zero-order valence-electron chi connectivity index (χ0n) is 13.2. The molecule has 0 aliphatic rings. The minimum atomic E-state index is -4.60. The van der Waals surface area contributed by atoms with E-state index >= 15 is 0 Å². The summed E-state index contributed by atoms with van der Waals surface area (Å²) in [6, 6.07) is 3.74. The van der Waals surface area contributed by atoms with Gasteiger partial charge in [0.05, 0.1) is 21.8 Å². The Morgan fingerprint density at radius 3 is 1.79 bits per heavy atom. The van der Waals surface area contributed by atoms with E-state index in [1.165, 1.54) is 0 Å². The van der Waals surface area contributed by atoms with Crippen LogP contribution in [0.1, 0.15) is 6.92 Å². The number of phenolic OH excluding ortho intramolecular Hbond substituents is 1. The molecule has 2 aromatic rings. The second-order valence-electron chi connectivity index (χ2n) is 4.35. The summed E-state index contributed by atoms with van der Waals surface area (Å²) in [5.41, 5.74) is 0. The zero-order chi connectivity index (χ0) is 16.7. The summed E-state index contributed by atoms with van der Waals surface area (Å²) in [6.07, 6.45) is 0. The van der Waals surface area contributed by atoms with E-state index in [1.807, 2.05) is 0 Å². The fraction of sp³-hybridized carbons (Fsp3) is 0.167. The van der Waals surface area contributed by atoms with Gasteiger partial charge in [0.15, 0.2) is 0 Å². The van der Waals surface area contributed by atoms with Gasteiger partial charge in [0.25, 0.3) is 20.2 Å². The van der Waals surface area contributed by atoms with Crippen LogP contribution < -0.4 is 4.74 Å². The smallest absolute Gasteiger partial charge is 0.294 e. The Labute approximate surface area is 183 Å². The Bertz CT molecular complexity index is 949. The van der Waals surface area contributed by atoms with Gasteiger partial charge in [-0.25, -0.2) is 0 Å². The monoisotopic (exact) mass is 394 g/mol. The average Bonchev–Trinajstić information content (AvgIpc) is 2.36. The van der Waals surface area contributed by atoms with Gasteiger partial charge in [-0.05, 0) is 24.4 Å². The number of hydrogen-bond acceptors (Lipinski definition) is 6. The molecule has 0 atom stereocenters. The molecule has 0 aromatic heterocycles. The summed E-state index contributed by atoms with van der Waals surface area (Å²) >= 11 is 0. The first-order chi connectivity index (χ1) is 10.0. The summed E-state index contributed by atoms with van der Waals surface area (Å²) in [6.45, 7) is 1.76. The van der Waals surface area contributed by atoms with Crippen LogP contribution in [-0.2, 0) is 20.2 Å². The maximum Gasteiger partial charge on any atom is 0.294 e. The first kappa shape index (κ1) is 24.1. The molecule has 0 spiro atoms. The third kappa shape index (κ3) is 5.31. The van der Waals surface area contributed by atoms with E-state index in [9.17, 15) is 21.9 Å². The second kappa shape index (κ2) is 8.67. The number of phenols is 1. The fourth-order valence-electron chi connectivity index (χ4n) is 1.97. The van der Waals surface area contributed by atoms with Crippen molar-refractivity contribution in [2.45, 2.75) is 16.7 Å². The molecule has 0 saturated heterocycles. The van der Waals surface area contributed by atoms with Crippen molar-refractivity contribution in [2.24, 2.45) is 0 Å². The Morgan fingerprint density at radius 1 is 0.917 bits per heavy atom. The zero-order valence-corrected chi connectivity index (χ0v) is 18.8. The van der Waals surface area contributed by atoms with Crippen molar-refractivity contribution < 1.29 is 35.8 Å². The SMILES string of the molecule is CCOc1cc(S(=O)(=O)O)cc2cc(S(=O)(=O)O)cc(O)c12.[Na].[Na]. The summed E-state index contributed by atoms with van der Waals surface area (Å²) in [4.78, 5) is -1.15. The molecular weight excluding hydrogens is 382 g/mol. The molecule has 0 heterocycles. The van der Waals surface area contributed by atoms with E-state index < -0.39 is 35.8 Å². The summed E-state index contributed by atoms with van der Waals surface area (Å²) in [5.74, 6) is -0.567. The number of hydrogen-bond donors (Lipinski definition) is 3. The molecule has 12 heteroatoms. The predicted molar refractivity (Wildman–Crippen MR) is 87.9 cm³/mol. The number of rotatable bonds is 4. The van der Waals surface area contributed by atoms with Crippen LogP contribution in [0, 0.1) is 0 Å². The van der Waals surface area contributed by atoms with Gasteiger partial charge in [0, 0.05) is 71.2 Å². The molecule has 122 valence electrons. The van der Waals surface area contributed by atoms with Gasteiger partial charge in [-0.2, -0.15) is 16.8 Å². The second-order valence-corrected chi connectivity index (χ2v) is 7.19. The quantitative estimate of drug-likeness (QED) is 0.508. The summed E-state index contributed by atoms with van der Waals surface area (Å²) in [7, 11) is -9.17. The maximum absolute atomic E-state index is 11.3. The normalized spacial score (nSPS) is 11.5. The van der Waals surface area contributed by atoms with E-state index in [0.29, 0.717) is 0 Å². The van der Waals surface area contributed by atoms with Crippen molar-refractivity contribution in [1.82, 2.24) is 0 Å². The van der Waals surface area contributed by atoms with E-state index in [1.54, 1.807) is 6.92 Å². The fourth-order valence-corrected chi connectivity index (χ4v) is 3.04. The molecule has 0 saturated carbocycles. The first-order valence-corrected chi connectivity index (χ1v) is 8.80. The van der Waals surface area contributed by atoms with Crippen molar-refractivity contribution >= 4 is 90.1 Å². The third-order valence-corrected chi connectivity index (χ3v) is 4.50. The molecule has 0 bridgehead atoms. The van der Waals surface area contributed by atoms with Gasteiger partial charge >= 0.3 is 0 Å². The number of aromatic hydroxyl groups is 1. The molecule has 2 radical (unpaired) electrons. The minimum absolute atomic E-state index is 0. The van der Waals surface area contributed by atoms with Gasteiger partial charge in [0.2, 0.25) is 0 Å². The Morgan fingerprint density at radius 2 is 1.38 bits per heavy atom. The largest absolute Gasteiger partial charge is 0.507 e. The van der Waals surface area contributed by atoms with Crippen molar-refractivity contribution in [3.8, 4) is 11.5 Å². The van der Waals surface area contributed by atoms with Crippen molar-refractivity contribution in [1.29, 1.82) is 0 Å². The standard InChI is InChI=1S/C12H12O8S2.2Na/c1-2-20-11-6-9(22(17,18)19)4-7-3-8(21(14,15)16)5-10(13)12(7)11;;/h3-6,13H,2H2,1H3,(H,14,15,16)(H,17,18,19);;. The van der Waals surface area contributed by atoms with Gasteiger partial charge < -0.3 is 9.84 Å². The predicted octanol–water partition coefficient (Wildman–Crippen LogP) is 0.676. The van der Waals surface area contributed by atoms with Crippen molar-refractivity contribution in [3.05, 3.63) is 24.3 Å². The van der Waals surface area contributed by atoms with Crippen LogP contribution in [-0.4, -0.2) is 96.8 Å². The minimum Gasteiger partial charge on any atom is -0.507 e. The van der Waals surface area contributed by atoms with Crippen LogP contribution in [0.5, 0.6) is 11.5 Å². The Hall–Kier alpha value is 0.120. The summed E-state index contributed by atoms with van der Waals surface area (Å²) < 4.78 is 68.2. The molecule has 2 rings (SSSR count). The van der Waals surface area contributed by atoms with Crippen molar-refractivity contribution in [3.63, 3.8) is 0 Å². The van der Waals surface area contributed by atoms with E-state index in [4.69, 9.17) is 13.8 Å². The van der Waals surface area contributed by atoms with Crippen LogP contribution in [0.15, 0.2) is 34.1 Å². The maximum atomic E-state index is 11.3. The van der Waals surface area contributed by atoms with Crippen molar-refractivity contribution in [2.75, 3.05) is 6.61 Å². The van der Waals surface area contributed by atoms with Crippen LogP contribution in [0.3, 0.4) is 0 Å². The molecule has 24 heavy (non-hydrogen) atoms. The van der Waals surface area contributed by atoms with Crippen LogP contribution in [0.25, 0.3) is 10.8 Å². The average molecular weight is 394 g/mol. The molecule has 8 nitrogen and oxygen atoms in total. The van der Waals surface area contributed by atoms with Crippen LogP contribution >= 0.6 is 0 Å². The molecule has 0 amide bonds. The van der Waals surface area contributed by atoms with Crippen LogP contribution in [0.4, 0.5) is 0 Å². The van der Waals surface area contributed by atoms with Gasteiger partial charge in [-0.3, -0.25) is 9.11 Å². The molecule has 0 fully saturated rings. The topological polar surface area (TPSA) is 138 Å². The molecule has 3 N–H and O–H groups in total. The van der Waals surface area contributed by atoms with E-state index in [-0.39, 0.29) is 82.2 Å². The molecule has 2 aromatic carbocycles. The van der Waals surface area contributed by atoms with E-state index in [2.05, 4.69) is 0 Å². The molecule has 0 unspecified atom stereocenters. The number of benzene rings is 2. The van der Waals surface area contributed by atoms with E-state index in [0.717, 1.165) is 24.3 Å². The summed E-state index contributed by atoms with van der Waals surface area (Å²) in [5, 5.41) is 9.97. The van der Waals surface area contributed by atoms with Crippen LogP contribution in [0.2, 0.25) is 0 Å². The molecule has 0 aliphatic heterocycles. The molecule has 0 aliphatic carbocycles. The van der Waals surface area contributed by atoms with Gasteiger partial charge in [-0.15, -0.1) is 0 Å². The van der Waals surface area contributed by atoms with Gasteiger partial charge in [-0.1, -0.05) is 0 Å². The first-order valence-electron chi connectivity index (χ1n) is 5.92. The third-order valence-electron chi connectivity index (χ3n) is 2.83. The number of fused-ring (bicyclic) bond motifs is 1. The van der Waals surface area contributed by atoms with Gasteiger partial charge in [0.1, 0.15) is 11.5 Å².